The van der Waals surface area contributed by atoms with Gasteiger partial charge < -0.3 is 9.90 Å². The van der Waals surface area contributed by atoms with E-state index in [1.807, 2.05) is 0 Å². The number of aromatic carboxylic acids is 1. The van der Waals surface area contributed by atoms with Crippen LogP contribution in [-0.2, 0) is 16.0 Å². The lowest BCUT2D eigenvalue weighted by Gasteiger charge is -2.16. The van der Waals surface area contributed by atoms with Gasteiger partial charge in [-0.1, -0.05) is 18.2 Å². The van der Waals surface area contributed by atoms with Crippen LogP contribution in [0, 0.1) is 6.92 Å². The Morgan fingerprint density at radius 1 is 1.11 bits per heavy atom. The van der Waals surface area contributed by atoms with Gasteiger partial charge in [0.25, 0.3) is 0 Å². The molecule has 3 aromatic rings. The van der Waals surface area contributed by atoms with E-state index in [1.54, 1.807) is 0 Å². The summed E-state index contributed by atoms with van der Waals surface area (Å²) in [6.07, 6.45) is -3.60. The van der Waals surface area contributed by atoms with Crippen LogP contribution < -0.4 is 5.11 Å². The van der Waals surface area contributed by atoms with Crippen molar-refractivity contribution < 1.29 is 31.5 Å². The zero-order chi connectivity index (χ0) is 20.9. The van der Waals surface area contributed by atoms with Crippen molar-refractivity contribution in [1.82, 2.24) is 4.98 Å². The Morgan fingerprint density at radius 2 is 1.79 bits per heavy atom. The molecule has 9 heteroatoms. The van der Waals surface area contributed by atoms with Gasteiger partial charge in [-0.3, -0.25) is 0 Å². The fraction of sp³-hybridized carbons (Fsp3) is 0.158. The maximum atomic E-state index is 13.0. The fourth-order valence-corrected chi connectivity index (χ4v) is 3.60. The van der Waals surface area contributed by atoms with E-state index < -0.39 is 27.5 Å². The van der Waals surface area contributed by atoms with Crippen molar-refractivity contribution >= 4 is 26.7 Å². The third kappa shape index (κ3) is 3.57. The van der Waals surface area contributed by atoms with Crippen molar-refractivity contribution in [2.24, 2.45) is 0 Å². The van der Waals surface area contributed by atoms with E-state index in [0.29, 0.717) is 0 Å². The number of carbonyl (C=O) groups is 1. The second-order valence-electron chi connectivity index (χ2n) is 6.28. The van der Waals surface area contributed by atoms with E-state index in [0.717, 1.165) is 18.4 Å². The predicted molar refractivity (Wildman–Crippen MR) is 94.4 cm³/mol. The molecule has 0 unspecified atom stereocenters. The van der Waals surface area contributed by atoms with Gasteiger partial charge in [-0.05, 0) is 36.8 Å². The van der Waals surface area contributed by atoms with Gasteiger partial charge in [0.2, 0.25) is 0 Å². The Hall–Kier alpha value is -2.94. The number of carboxylic acid groups (broad SMARTS) is 1. The molecule has 0 bridgehead atoms. The summed E-state index contributed by atoms with van der Waals surface area (Å²) in [5, 5.41) is 11.8. The summed E-state index contributed by atoms with van der Waals surface area (Å²) in [5.41, 5.74) is -0.951. The molecule has 28 heavy (non-hydrogen) atoms. The van der Waals surface area contributed by atoms with E-state index in [2.05, 4.69) is 4.98 Å². The number of benzene rings is 2. The van der Waals surface area contributed by atoms with Crippen LogP contribution in [0.25, 0.3) is 22.2 Å². The summed E-state index contributed by atoms with van der Waals surface area (Å²) in [5.74, 6) is -1.54. The summed E-state index contributed by atoms with van der Waals surface area (Å²) >= 11 is 0. The van der Waals surface area contributed by atoms with Crippen molar-refractivity contribution in [1.29, 1.82) is 0 Å². The minimum absolute atomic E-state index is 0.00320. The maximum Gasteiger partial charge on any atom is 0.416 e. The number of halogens is 3. The molecule has 0 N–H and O–H groups in total. The Labute approximate surface area is 158 Å². The number of carbonyl (C=O) groups excluding carboxylic acids is 1. The largest absolute Gasteiger partial charge is 0.545 e. The highest BCUT2D eigenvalue weighted by Gasteiger charge is 2.30. The smallest absolute Gasteiger partial charge is 0.416 e. The molecule has 0 amide bonds. The van der Waals surface area contributed by atoms with E-state index >= 15 is 0 Å². The van der Waals surface area contributed by atoms with Crippen LogP contribution in [0.2, 0.25) is 0 Å². The van der Waals surface area contributed by atoms with Crippen LogP contribution in [0.1, 0.15) is 21.5 Å². The first-order valence-corrected chi connectivity index (χ1v) is 9.82. The lowest BCUT2D eigenvalue weighted by Crippen LogP contribution is -2.24. The van der Waals surface area contributed by atoms with Gasteiger partial charge >= 0.3 is 6.18 Å². The van der Waals surface area contributed by atoms with Crippen molar-refractivity contribution in [2.45, 2.75) is 18.0 Å². The van der Waals surface area contributed by atoms with Gasteiger partial charge in [0, 0.05) is 22.8 Å². The van der Waals surface area contributed by atoms with Gasteiger partial charge in [0.15, 0.2) is 9.84 Å². The first-order valence-electron chi connectivity index (χ1n) is 7.93. The lowest BCUT2D eigenvalue weighted by atomic mass is 9.97. The summed E-state index contributed by atoms with van der Waals surface area (Å²) in [6, 6.07) is 8.04. The van der Waals surface area contributed by atoms with Crippen LogP contribution in [0.5, 0.6) is 0 Å². The van der Waals surface area contributed by atoms with Crippen molar-refractivity contribution in [2.75, 3.05) is 6.26 Å². The normalized spacial score (nSPS) is 12.3. The van der Waals surface area contributed by atoms with Crippen LogP contribution in [-0.4, -0.2) is 25.6 Å². The van der Waals surface area contributed by atoms with E-state index in [9.17, 15) is 31.5 Å². The summed E-state index contributed by atoms with van der Waals surface area (Å²) in [7, 11) is -3.59. The molecule has 3 rings (SSSR count). The zero-order valence-electron chi connectivity index (χ0n) is 14.7. The molecule has 0 atom stereocenters. The summed E-state index contributed by atoms with van der Waals surface area (Å²) < 4.78 is 62.7. The molecule has 0 aliphatic heterocycles. The van der Waals surface area contributed by atoms with Gasteiger partial charge in [0.1, 0.15) is 0 Å². The fourth-order valence-electron chi connectivity index (χ4n) is 2.96. The van der Waals surface area contributed by atoms with Crippen molar-refractivity contribution in [3.63, 3.8) is 0 Å². The van der Waals surface area contributed by atoms with Crippen LogP contribution in [0.15, 0.2) is 47.4 Å². The van der Waals surface area contributed by atoms with Gasteiger partial charge in [0.05, 0.1) is 27.6 Å². The highest BCUT2D eigenvalue weighted by Crippen LogP contribution is 2.35. The Kier molecular flexibility index (Phi) is 4.66. The second kappa shape index (κ2) is 6.59. The highest BCUT2D eigenvalue weighted by molar-refractivity contribution is 7.90. The van der Waals surface area contributed by atoms with E-state index in [4.69, 9.17) is 0 Å². The minimum atomic E-state index is -4.58. The molecule has 0 saturated carbocycles. The average Bonchev–Trinajstić information content (AvgIpc) is 2.59. The number of aromatic nitrogens is 1. The Balaban J connectivity index is 2.37. The van der Waals surface area contributed by atoms with Gasteiger partial charge in [-0.25, -0.2) is 13.4 Å². The molecule has 146 valence electrons. The highest BCUT2D eigenvalue weighted by atomic mass is 32.2. The molecule has 1 aromatic heterocycles. The number of nitrogens with zero attached hydrogens (tertiary/aromatic N) is 1. The SMILES string of the molecule is Cc1c(-c2cccc(C(F)(F)F)c2)nc2cc(S(C)(=O)=O)ccc2c1C(=O)[O-]. The molecule has 0 spiro atoms. The topological polar surface area (TPSA) is 87.2 Å². The molecular formula is C19H13F3NO4S-. The quantitative estimate of drug-likeness (QED) is 0.665. The number of hydrogen-bond acceptors (Lipinski definition) is 5. The molecule has 0 fully saturated rings. The zero-order valence-corrected chi connectivity index (χ0v) is 15.5. The lowest BCUT2D eigenvalue weighted by molar-refractivity contribution is -0.254. The molecule has 0 aliphatic carbocycles. The molecular weight excluding hydrogens is 395 g/mol. The van der Waals surface area contributed by atoms with Crippen molar-refractivity contribution in [3.05, 3.63) is 59.2 Å². The average molecular weight is 408 g/mol. The summed E-state index contributed by atoms with van der Waals surface area (Å²) in [6.45, 7) is 1.41. The Morgan fingerprint density at radius 3 is 2.36 bits per heavy atom. The number of pyridine rings is 1. The third-order valence-electron chi connectivity index (χ3n) is 4.30. The number of rotatable bonds is 3. The maximum absolute atomic E-state index is 13.0. The van der Waals surface area contributed by atoms with E-state index in [-0.39, 0.29) is 38.2 Å². The number of sulfone groups is 1. The predicted octanol–water partition coefficient (Wildman–Crippen LogP) is 3.00. The van der Waals surface area contributed by atoms with Gasteiger partial charge in [-0.2, -0.15) is 13.2 Å². The minimum Gasteiger partial charge on any atom is -0.545 e. The van der Waals surface area contributed by atoms with Crippen LogP contribution >= 0.6 is 0 Å². The van der Waals surface area contributed by atoms with E-state index in [1.165, 1.54) is 37.3 Å². The van der Waals surface area contributed by atoms with Crippen LogP contribution in [0.4, 0.5) is 13.2 Å². The molecule has 0 aliphatic rings. The molecule has 2 aromatic carbocycles. The number of alkyl halides is 3. The number of fused-ring (bicyclic) bond motifs is 1. The third-order valence-corrected chi connectivity index (χ3v) is 5.41. The monoisotopic (exact) mass is 408 g/mol. The number of carboxylic acids is 1. The molecule has 0 radical (unpaired) electrons. The first-order chi connectivity index (χ1) is 12.9. The second-order valence-corrected chi connectivity index (χ2v) is 8.29. The van der Waals surface area contributed by atoms with Crippen molar-refractivity contribution in [3.8, 4) is 11.3 Å². The Bertz CT molecular complexity index is 1220. The number of hydrogen-bond donors (Lipinski definition) is 0. The standard InChI is InChI=1S/C19H14F3NO4S/c1-10-16(18(24)25)14-7-6-13(28(2,26)27)9-15(14)23-17(10)11-4-3-5-12(8-11)19(20,21)22/h3-9H,1-2H3,(H,24,25)/p-1. The molecule has 5 nitrogen and oxygen atoms in total. The van der Waals surface area contributed by atoms with Gasteiger partial charge in [-0.15, -0.1) is 0 Å². The summed E-state index contributed by atoms with van der Waals surface area (Å²) in [4.78, 5) is 15.9. The molecule has 1 heterocycles. The van der Waals surface area contributed by atoms with Crippen LogP contribution in [0.3, 0.4) is 0 Å². The molecule has 0 saturated heterocycles. The first kappa shape index (κ1) is 19.8.